The molecule has 4 rings (SSSR count). The monoisotopic (exact) mass is 412 g/mol. The fourth-order valence-corrected chi connectivity index (χ4v) is 4.13. The van der Waals surface area contributed by atoms with Crippen molar-refractivity contribution >= 4 is 17.7 Å². The van der Waals surface area contributed by atoms with Crippen molar-refractivity contribution in [3.8, 4) is 17.1 Å². The highest BCUT2D eigenvalue weighted by molar-refractivity contribution is 7.99. The number of rotatable bonds is 6. The number of hydrogen-bond donors (Lipinski definition) is 0. The second-order valence-electron chi connectivity index (χ2n) is 6.90. The lowest BCUT2D eigenvalue weighted by molar-refractivity contribution is -0.147. The number of esters is 1. The van der Waals surface area contributed by atoms with E-state index in [0.717, 1.165) is 31.2 Å². The average molecular weight is 412 g/mol. The molecule has 0 radical (unpaired) electrons. The topological polar surface area (TPSA) is 69.9 Å². The number of ether oxygens (including phenoxy) is 1. The molecule has 0 atom stereocenters. The predicted octanol–water partition coefficient (Wildman–Crippen LogP) is 4.44. The molecule has 29 heavy (non-hydrogen) atoms. The van der Waals surface area contributed by atoms with Gasteiger partial charge in [0.1, 0.15) is 11.9 Å². The summed E-state index contributed by atoms with van der Waals surface area (Å²) in [4.78, 5) is 16.4. The van der Waals surface area contributed by atoms with E-state index in [1.165, 1.54) is 30.3 Å². The molecule has 1 aliphatic rings. The van der Waals surface area contributed by atoms with Crippen LogP contribution >= 0.6 is 11.8 Å². The van der Waals surface area contributed by atoms with E-state index in [0.29, 0.717) is 16.7 Å². The molecule has 1 fully saturated rings. The molecule has 2 aromatic heterocycles. The van der Waals surface area contributed by atoms with Gasteiger partial charge < -0.3 is 4.74 Å². The first-order chi connectivity index (χ1) is 14.2. The Balaban J connectivity index is 1.55. The molecule has 150 valence electrons. The van der Waals surface area contributed by atoms with Gasteiger partial charge in [0.05, 0.1) is 5.75 Å². The second kappa shape index (κ2) is 9.17. The molecule has 2 heterocycles. The summed E-state index contributed by atoms with van der Waals surface area (Å²) in [6, 6.07) is 9.77. The quantitative estimate of drug-likeness (QED) is 0.440. The summed E-state index contributed by atoms with van der Waals surface area (Å²) in [6.45, 7) is 0. The third kappa shape index (κ3) is 4.82. The Morgan fingerprint density at radius 1 is 1.14 bits per heavy atom. The van der Waals surface area contributed by atoms with Crippen LogP contribution in [0, 0.1) is 5.82 Å². The molecule has 0 unspecified atom stereocenters. The van der Waals surface area contributed by atoms with Crippen LogP contribution in [0.1, 0.15) is 32.1 Å². The van der Waals surface area contributed by atoms with Gasteiger partial charge in [-0.3, -0.25) is 14.3 Å². The lowest BCUT2D eigenvalue weighted by atomic mass is 9.98. The molecule has 1 aliphatic carbocycles. The smallest absolute Gasteiger partial charge is 0.316 e. The average Bonchev–Trinajstić information content (AvgIpc) is 3.18. The Bertz CT molecular complexity index is 957. The van der Waals surface area contributed by atoms with Gasteiger partial charge in [0.15, 0.2) is 11.0 Å². The molecule has 3 aromatic rings. The van der Waals surface area contributed by atoms with Crippen LogP contribution in [0.4, 0.5) is 4.39 Å². The van der Waals surface area contributed by atoms with E-state index in [1.54, 1.807) is 29.1 Å². The SMILES string of the molecule is O=C(CSc1nnc(-c2cccnc2)n1-c1ccc(F)cc1)OC1CCCCC1. The zero-order chi connectivity index (χ0) is 20.1. The van der Waals surface area contributed by atoms with Gasteiger partial charge >= 0.3 is 5.97 Å². The standard InChI is InChI=1S/C21H21FN4O2S/c22-16-8-10-17(11-9-16)26-20(15-5-4-12-23-13-15)24-25-21(26)29-14-19(27)28-18-6-2-1-3-7-18/h4-5,8-13,18H,1-3,6-7,14H2. The third-order valence-electron chi connectivity index (χ3n) is 4.81. The minimum atomic E-state index is -0.324. The summed E-state index contributed by atoms with van der Waals surface area (Å²) >= 11 is 1.26. The van der Waals surface area contributed by atoms with Crippen LogP contribution in [0.25, 0.3) is 17.1 Å². The first-order valence-electron chi connectivity index (χ1n) is 9.65. The van der Waals surface area contributed by atoms with Gasteiger partial charge in [-0.05, 0) is 62.1 Å². The van der Waals surface area contributed by atoms with Gasteiger partial charge in [-0.15, -0.1) is 10.2 Å². The summed E-state index contributed by atoms with van der Waals surface area (Å²) in [5.74, 6) is 0.143. The van der Waals surface area contributed by atoms with Gasteiger partial charge in [-0.1, -0.05) is 18.2 Å². The van der Waals surface area contributed by atoms with E-state index in [-0.39, 0.29) is 23.6 Å². The number of hydrogen-bond acceptors (Lipinski definition) is 6. The van der Waals surface area contributed by atoms with Crippen molar-refractivity contribution in [1.82, 2.24) is 19.7 Å². The number of carbonyl (C=O) groups is 1. The van der Waals surface area contributed by atoms with E-state index in [9.17, 15) is 9.18 Å². The largest absolute Gasteiger partial charge is 0.462 e. The highest BCUT2D eigenvalue weighted by Crippen LogP contribution is 2.28. The number of carbonyl (C=O) groups excluding carboxylic acids is 1. The van der Waals surface area contributed by atoms with Crippen molar-refractivity contribution in [2.75, 3.05) is 5.75 Å². The Kier molecular flexibility index (Phi) is 6.19. The molecule has 8 heteroatoms. The molecule has 1 saturated carbocycles. The Morgan fingerprint density at radius 2 is 1.93 bits per heavy atom. The minimum Gasteiger partial charge on any atom is -0.462 e. The van der Waals surface area contributed by atoms with E-state index in [2.05, 4.69) is 15.2 Å². The molecule has 6 nitrogen and oxygen atoms in total. The van der Waals surface area contributed by atoms with Crippen LogP contribution in [-0.4, -0.2) is 37.6 Å². The number of aromatic nitrogens is 4. The number of benzene rings is 1. The first kappa shape index (κ1) is 19.6. The minimum absolute atomic E-state index is 0.0257. The van der Waals surface area contributed by atoms with Gasteiger partial charge in [0.25, 0.3) is 0 Å². The summed E-state index contributed by atoms with van der Waals surface area (Å²) in [7, 11) is 0. The van der Waals surface area contributed by atoms with Crippen LogP contribution < -0.4 is 0 Å². The predicted molar refractivity (Wildman–Crippen MR) is 108 cm³/mol. The van der Waals surface area contributed by atoms with Crippen molar-refractivity contribution < 1.29 is 13.9 Å². The second-order valence-corrected chi connectivity index (χ2v) is 7.84. The van der Waals surface area contributed by atoms with E-state index >= 15 is 0 Å². The van der Waals surface area contributed by atoms with Crippen molar-refractivity contribution in [3.05, 3.63) is 54.6 Å². The van der Waals surface area contributed by atoms with Crippen LogP contribution in [0.2, 0.25) is 0 Å². The molecule has 0 amide bonds. The maximum Gasteiger partial charge on any atom is 0.316 e. The first-order valence-corrected chi connectivity index (χ1v) is 10.6. The lowest BCUT2D eigenvalue weighted by Gasteiger charge is -2.21. The Hall–Kier alpha value is -2.74. The summed E-state index contributed by atoms with van der Waals surface area (Å²) in [5.41, 5.74) is 1.49. The molecule has 0 saturated heterocycles. The summed E-state index contributed by atoms with van der Waals surface area (Å²) in [5, 5.41) is 9.08. The van der Waals surface area contributed by atoms with Crippen LogP contribution in [-0.2, 0) is 9.53 Å². The van der Waals surface area contributed by atoms with Crippen molar-refractivity contribution in [1.29, 1.82) is 0 Å². The molecular weight excluding hydrogens is 391 g/mol. The van der Waals surface area contributed by atoms with E-state index in [4.69, 9.17) is 4.74 Å². The zero-order valence-electron chi connectivity index (χ0n) is 15.8. The molecule has 0 spiro atoms. The number of pyridine rings is 1. The maximum atomic E-state index is 13.4. The summed E-state index contributed by atoms with van der Waals surface area (Å²) < 4.78 is 20.8. The number of nitrogens with zero attached hydrogens (tertiary/aromatic N) is 4. The van der Waals surface area contributed by atoms with Crippen LogP contribution in [0.15, 0.2) is 53.9 Å². The van der Waals surface area contributed by atoms with Crippen molar-refractivity contribution in [2.45, 2.75) is 43.4 Å². The van der Waals surface area contributed by atoms with Crippen molar-refractivity contribution in [3.63, 3.8) is 0 Å². The molecule has 1 aromatic carbocycles. The van der Waals surface area contributed by atoms with Gasteiger partial charge in [0.2, 0.25) is 0 Å². The highest BCUT2D eigenvalue weighted by Gasteiger charge is 2.20. The van der Waals surface area contributed by atoms with Gasteiger partial charge in [-0.25, -0.2) is 4.39 Å². The number of thioether (sulfide) groups is 1. The fourth-order valence-electron chi connectivity index (χ4n) is 3.39. The molecule has 0 aliphatic heterocycles. The van der Waals surface area contributed by atoms with E-state index in [1.807, 2.05) is 12.1 Å². The zero-order valence-corrected chi connectivity index (χ0v) is 16.6. The van der Waals surface area contributed by atoms with Gasteiger partial charge in [0, 0.05) is 23.6 Å². The van der Waals surface area contributed by atoms with Gasteiger partial charge in [-0.2, -0.15) is 0 Å². The fraction of sp³-hybridized carbons (Fsp3) is 0.333. The molecular formula is C21H21FN4O2S. The summed E-state index contributed by atoms with van der Waals surface area (Å²) in [6.07, 6.45) is 8.70. The Morgan fingerprint density at radius 3 is 2.66 bits per heavy atom. The van der Waals surface area contributed by atoms with Crippen LogP contribution in [0.5, 0.6) is 0 Å². The highest BCUT2D eigenvalue weighted by atomic mass is 32.2. The van der Waals surface area contributed by atoms with E-state index < -0.39 is 0 Å². The molecule has 0 bridgehead atoms. The molecule has 0 N–H and O–H groups in total. The number of halogens is 1. The maximum absolute atomic E-state index is 13.4. The van der Waals surface area contributed by atoms with Crippen LogP contribution in [0.3, 0.4) is 0 Å². The third-order valence-corrected chi connectivity index (χ3v) is 5.71. The Labute approximate surface area is 172 Å². The lowest BCUT2D eigenvalue weighted by Crippen LogP contribution is -2.22. The normalized spacial score (nSPS) is 14.7. The van der Waals surface area contributed by atoms with Crippen molar-refractivity contribution in [2.24, 2.45) is 0 Å².